The summed E-state index contributed by atoms with van der Waals surface area (Å²) < 4.78 is 5.05. The molecule has 0 amide bonds. The van der Waals surface area contributed by atoms with Crippen molar-refractivity contribution >= 4 is 0 Å². The van der Waals surface area contributed by atoms with Crippen LogP contribution in [-0.4, -0.2) is 30.2 Å². The zero-order valence-electron chi connectivity index (χ0n) is 13.7. The Balaban J connectivity index is 1.95. The lowest BCUT2D eigenvalue weighted by molar-refractivity contribution is 0.199. The van der Waals surface area contributed by atoms with Gasteiger partial charge in [-0.3, -0.25) is 0 Å². The van der Waals surface area contributed by atoms with Crippen molar-refractivity contribution in [3.05, 3.63) is 23.3 Å². The van der Waals surface area contributed by atoms with Gasteiger partial charge in [0.1, 0.15) is 5.82 Å². The molecule has 2 rings (SSSR count). The van der Waals surface area contributed by atoms with Gasteiger partial charge in [-0.15, -0.1) is 0 Å². The van der Waals surface area contributed by atoms with Crippen LogP contribution in [-0.2, 0) is 11.3 Å². The van der Waals surface area contributed by atoms with Crippen molar-refractivity contribution in [1.29, 1.82) is 0 Å². The van der Waals surface area contributed by atoms with Gasteiger partial charge >= 0.3 is 0 Å². The Kier molecular flexibility index (Phi) is 6.58. The molecule has 1 aliphatic rings. The molecule has 0 atom stereocenters. The predicted octanol–water partition coefficient (Wildman–Crippen LogP) is 3.20. The third kappa shape index (κ3) is 5.04. The quantitative estimate of drug-likeness (QED) is 0.784. The maximum Gasteiger partial charge on any atom is 0.131 e. The van der Waals surface area contributed by atoms with E-state index in [9.17, 15) is 0 Å². The smallest absolute Gasteiger partial charge is 0.131 e. The molecule has 0 radical (unpaired) electrons. The van der Waals surface area contributed by atoms with E-state index in [4.69, 9.17) is 9.72 Å². The van der Waals surface area contributed by atoms with E-state index in [1.807, 2.05) is 0 Å². The van der Waals surface area contributed by atoms with Gasteiger partial charge in [0.15, 0.2) is 0 Å². The third-order valence-corrected chi connectivity index (χ3v) is 4.50. The van der Waals surface area contributed by atoms with E-state index in [1.165, 1.54) is 32.1 Å². The maximum absolute atomic E-state index is 5.05. The summed E-state index contributed by atoms with van der Waals surface area (Å²) in [6.45, 7) is 6.76. The first-order valence-corrected chi connectivity index (χ1v) is 8.27. The lowest BCUT2D eigenvalue weighted by atomic mass is 9.80. The molecule has 1 fully saturated rings. The molecule has 0 spiro atoms. The number of aryl methyl sites for hydroxylation is 1. The molecule has 1 aromatic heterocycles. The number of nitrogens with zero attached hydrogens (tertiary/aromatic N) is 2. The first-order valence-electron chi connectivity index (χ1n) is 8.27. The van der Waals surface area contributed by atoms with Crippen LogP contribution in [0.25, 0.3) is 0 Å². The molecule has 1 aromatic rings. The molecule has 0 bridgehead atoms. The van der Waals surface area contributed by atoms with E-state index >= 15 is 0 Å². The maximum atomic E-state index is 5.05. The zero-order chi connectivity index (χ0) is 15.1. The molecular weight excluding hydrogens is 262 g/mol. The van der Waals surface area contributed by atoms with Crippen LogP contribution in [0.1, 0.15) is 62.2 Å². The van der Waals surface area contributed by atoms with Crippen LogP contribution in [0.4, 0.5) is 0 Å². The molecule has 1 aliphatic carbocycles. The highest BCUT2D eigenvalue weighted by Crippen LogP contribution is 2.35. The zero-order valence-corrected chi connectivity index (χ0v) is 13.7. The minimum atomic E-state index is 0.561. The summed E-state index contributed by atoms with van der Waals surface area (Å²) in [5.41, 5.74) is 2.19. The van der Waals surface area contributed by atoms with Crippen molar-refractivity contribution in [2.75, 3.05) is 20.3 Å². The molecule has 118 valence electrons. The van der Waals surface area contributed by atoms with Crippen LogP contribution in [0, 0.1) is 12.8 Å². The van der Waals surface area contributed by atoms with E-state index < -0.39 is 0 Å². The van der Waals surface area contributed by atoms with Gasteiger partial charge in [0.05, 0.1) is 12.3 Å². The molecule has 0 unspecified atom stereocenters. The van der Waals surface area contributed by atoms with E-state index in [2.05, 4.69) is 30.2 Å². The summed E-state index contributed by atoms with van der Waals surface area (Å²) in [6.07, 6.45) is 6.48. The van der Waals surface area contributed by atoms with Crippen LogP contribution in [0.15, 0.2) is 6.07 Å². The minimum Gasteiger partial charge on any atom is -0.383 e. The Morgan fingerprint density at radius 1 is 1.24 bits per heavy atom. The fourth-order valence-electron chi connectivity index (χ4n) is 3.15. The first-order chi connectivity index (χ1) is 10.2. The number of ether oxygens (including phenoxy) is 1. The molecule has 21 heavy (non-hydrogen) atoms. The van der Waals surface area contributed by atoms with Crippen LogP contribution >= 0.6 is 0 Å². The average molecular weight is 291 g/mol. The monoisotopic (exact) mass is 291 g/mol. The molecule has 0 aliphatic heterocycles. The van der Waals surface area contributed by atoms with Crippen molar-refractivity contribution in [3.63, 3.8) is 0 Å². The highest BCUT2D eigenvalue weighted by Gasteiger charge is 2.23. The van der Waals surface area contributed by atoms with Crippen molar-refractivity contribution in [1.82, 2.24) is 15.3 Å². The highest BCUT2D eigenvalue weighted by molar-refractivity contribution is 5.12. The van der Waals surface area contributed by atoms with Gasteiger partial charge in [0.25, 0.3) is 0 Å². The Morgan fingerprint density at radius 2 is 2.00 bits per heavy atom. The molecular formula is C17H29N3O. The van der Waals surface area contributed by atoms with Crippen LogP contribution in [0.2, 0.25) is 0 Å². The lowest BCUT2D eigenvalue weighted by Gasteiger charge is -2.27. The Morgan fingerprint density at radius 3 is 2.67 bits per heavy atom. The topological polar surface area (TPSA) is 47.0 Å². The van der Waals surface area contributed by atoms with Crippen molar-refractivity contribution < 1.29 is 4.74 Å². The van der Waals surface area contributed by atoms with Crippen molar-refractivity contribution in [3.8, 4) is 0 Å². The second-order valence-corrected chi connectivity index (χ2v) is 6.15. The molecule has 0 saturated heterocycles. The second-order valence-electron chi connectivity index (χ2n) is 6.15. The molecule has 4 heteroatoms. The standard InChI is InChI=1S/C17H29N3O/c1-4-14-5-7-15(8-6-14)17-19-13(2)11-16(20-17)12-18-9-10-21-3/h11,14-15,18H,4-10,12H2,1-3H3. The average Bonchev–Trinajstić information content (AvgIpc) is 2.51. The Labute approximate surface area is 128 Å². The summed E-state index contributed by atoms with van der Waals surface area (Å²) in [6, 6.07) is 2.08. The normalized spacial score (nSPS) is 22.4. The van der Waals surface area contributed by atoms with E-state index in [0.717, 1.165) is 42.8 Å². The third-order valence-electron chi connectivity index (χ3n) is 4.50. The number of aromatic nitrogens is 2. The van der Waals surface area contributed by atoms with Gasteiger partial charge in [-0.05, 0) is 44.6 Å². The second kappa shape index (κ2) is 8.44. The number of hydrogen-bond donors (Lipinski definition) is 1. The van der Waals surface area contributed by atoms with Crippen LogP contribution in [0.5, 0.6) is 0 Å². The molecule has 4 nitrogen and oxygen atoms in total. The molecule has 1 heterocycles. The van der Waals surface area contributed by atoms with Crippen LogP contribution in [0.3, 0.4) is 0 Å². The summed E-state index contributed by atoms with van der Waals surface area (Å²) in [5.74, 6) is 2.54. The summed E-state index contributed by atoms with van der Waals surface area (Å²) >= 11 is 0. The van der Waals surface area contributed by atoms with Gasteiger partial charge in [-0.1, -0.05) is 13.3 Å². The molecule has 1 saturated carbocycles. The predicted molar refractivity (Wildman–Crippen MR) is 85.3 cm³/mol. The fourth-order valence-corrected chi connectivity index (χ4v) is 3.15. The molecule has 1 N–H and O–H groups in total. The Bertz CT molecular complexity index is 428. The summed E-state index contributed by atoms with van der Waals surface area (Å²) in [7, 11) is 1.72. The lowest BCUT2D eigenvalue weighted by Crippen LogP contribution is -2.21. The Hall–Kier alpha value is -1.00. The van der Waals surface area contributed by atoms with Crippen LogP contribution < -0.4 is 5.32 Å². The minimum absolute atomic E-state index is 0.561. The SMILES string of the molecule is CCC1CCC(c2nc(C)cc(CNCCOC)n2)CC1. The number of methoxy groups -OCH3 is 1. The summed E-state index contributed by atoms with van der Waals surface area (Å²) in [4.78, 5) is 9.48. The van der Waals surface area contributed by atoms with E-state index in [0.29, 0.717) is 5.92 Å². The van der Waals surface area contributed by atoms with E-state index in [-0.39, 0.29) is 0 Å². The number of rotatable bonds is 7. The summed E-state index contributed by atoms with van der Waals surface area (Å²) in [5, 5.41) is 3.36. The van der Waals surface area contributed by atoms with Crippen molar-refractivity contribution in [2.45, 2.75) is 58.4 Å². The fraction of sp³-hybridized carbons (Fsp3) is 0.765. The largest absolute Gasteiger partial charge is 0.383 e. The first kappa shape index (κ1) is 16.4. The van der Waals surface area contributed by atoms with Gasteiger partial charge in [0.2, 0.25) is 0 Å². The van der Waals surface area contributed by atoms with Gasteiger partial charge in [-0.2, -0.15) is 0 Å². The number of hydrogen-bond acceptors (Lipinski definition) is 4. The van der Waals surface area contributed by atoms with Crippen molar-refractivity contribution in [2.24, 2.45) is 5.92 Å². The number of nitrogens with one attached hydrogen (secondary N) is 1. The molecule has 0 aromatic carbocycles. The van der Waals surface area contributed by atoms with Gasteiger partial charge in [-0.25, -0.2) is 9.97 Å². The van der Waals surface area contributed by atoms with Gasteiger partial charge in [0, 0.05) is 31.8 Å². The van der Waals surface area contributed by atoms with E-state index in [1.54, 1.807) is 7.11 Å². The van der Waals surface area contributed by atoms with Gasteiger partial charge < -0.3 is 10.1 Å². The highest BCUT2D eigenvalue weighted by atomic mass is 16.5.